The van der Waals surface area contributed by atoms with E-state index in [0.717, 1.165) is 15.9 Å². The highest BCUT2D eigenvalue weighted by molar-refractivity contribution is 7.92. The second-order valence-electron chi connectivity index (χ2n) is 14.4. The van der Waals surface area contributed by atoms with Crippen molar-refractivity contribution in [2.75, 3.05) is 29.8 Å². The van der Waals surface area contributed by atoms with Crippen LogP contribution in [0.25, 0.3) is 11.0 Å². The molecule has 1 amide bonds. The van der Waals surface area contributed by atoms with Gasteiger partial charge >= 0.3 is 12.1 Å². The first-order valence-corrected chi connectivity index (χ1v) is 18.6. The van der Waals surface area contributed by atoms with E-state index in [1.807, 2.05) is 11.6 Å². The van der Waals surface area contributed by atoms with Crippen LogP contribution in [0.15, 0.2) is 65.6 Å². The standard InChI is InChI=1S/C37H39F6N5O5S/c1-21-44-30-18-25(10-12-31(30)46(21)3)54(52,53)47(4)24-8-5-22(6-9-24)26-19-35(2,48-15-13-36(39,40)14-16-48)20-27(32(26)34(50)51)33(49)45-29-11-7-23(17-28(29)38)37(41,42)43/h5-12,17-18,26-27,32H,13-16,19-20H2,1-4H3,(H,45,49)(H,50,51)/t26?,27-,32-,35+/m0/s1. The summed E-state index contributed by atoms with van der Waals surface area (Å²) in [6.07, 6.45) is -5.76. The van der Waals surface area contributed by atoms with E-state index in [4.69, 9.17) is 0 Å². The molecule has 2 N–H and O–H groups in total. The maximum Gasteiger partial charge on any atom is 0.416 e. The zero-order chi connectivity index (χ0) is 39.5. The smallest absolute Gasteiger partial charge is 0.416 e. The second kappa shape index (κ2) is 13.9. The lowest BCUT2D eigenvalue weighted by molar-refractivity contribution is -0.153. The topological polar surface area (TPSA) is 125 Å². The lowest BCUT2D eigenvalue weighted by Gasteiger charge is -2.52. The fraction of sp³-hybridized carbons (Fsp3) is 0.432. The number of alkyl halides is 5. The van der Waals surface area contributed by atoms with E-state index in [1.54, 1.807) is 36.9 Å². The quantitative estimate of drug-likeness (QED) is 0.182. The molecule has 1 aromatic heterocycles. The molecule has 17 heteroatoms. The third kappa shape index (κ3) is 7.39. The van der Waals surface area contributed by atoms with E-state index in [0.29, 0.717) is 23.0 Å². The number of amides is 1. The number of benzene rings is 3. The molecule has 1 saturated heterocycles. The summed E-state index contributed by atoms with van der Waals surface area (Å²) in [4.78, 5) is 33.1. The number of piperidine rings is 1. The van der Waals surface area contributed by atoms with E-state index >= 15 is 0 Å². The highest BCUT2D eigenvalue weighted by Crippen LogP contribution is 2.50. The Morgan fingerprint density at radius 2 is 1.65 bits per heavy atom. The van der Waals surface area contributed by atoms with E-state index in [2.05, 4.69) is 10.3 Å². The van der Waals surface area contributed by atoms with E-state index in [9.17, 15) is 49.5 Å². The van der Waals surface area contributed by atoms with Gasteiger partial charge in [-0.2, -0.15) is 13.2 Å². The number of carbonyl (C=O) groups excluding carboxylic acids is 1. The molecule has 2 heterocycles. The molecule has 4 atom stereocenters. The number of sulfonamides is 1. The number of aliphatic carboxylic acids is 1. The first-order chi connectivity index (χ1) is 25.1. The molecule has 1 aliphatic carbocycles. The van der Waals surface area contributed by atoms with Crippen LogP contribution in [0.1, 0.15) is 55.5 Å². The van der Waals surface area contributed by atoms with Gasteiger partial charge in [-0.15, -0.1) is 0 Å². The minimum Gasteiger partial charge on any atom is -0.481 e. The van der Waals surface area contributed by atoms with Gasteiger partial charge in [0, 0.05) is 45.6 Å². The van der Waals surface area contributed by atoms with Crippen LogP contribution < -0.4 is 9.62 Å². The number of nitrogens with one attached hydrogen (secondary N) is 1. The van der Waals surface area contributed by atoms with Crippen LogP contribution in [0.5, 0.6) is 0 Å². The van der Waals surface area contributed by atoms with Gasteiger partial charge < -0.3 is 15.0 Å². The Bertz CT molecular complexity index is 2200. The summed E-state index contributed by atoms with van der Waals surface area (Å²) in [5.41, 5.74) is -0.947. The number of imidazole rings is 1. The second-order valence-corrected chi connectivity index (χ2v) is 16.4. The molecular formula is C37H39F6N5O5S. The van der Waals surface area contributed by atoms with Crippen LogP contribution in [-0.2, 0) is 32.8 Å². The monoisotopic (exact) mass is 779 g/mol. The third-order valence-electron chi connectivity index (χ3n) is 11.0. The number of hydrogen-bond donors (Lipinski definition) is 2. The fourth-order valence-corrected chi connectivity index (χ4v) is 9.05. The zero-order valence-electron chi connectivity index (χ0n) is 29.8. The Kier molecular flexibility index (Phi) is 10.1. The minimum atomic E-state index is -4.84. The molecule has 4 aromatic rings. The molecule has 3 aromatic carbocycles. The van der Waals surface area contributed by atoms with Crippen molar-refractivity contribution in [2.24, 2.45) is 18.9 Å². The Hall–Kier alpha value is -4.64. The van der Waals surface area contributed by atoms with Gasteiger partial charge in [-0.05, 0) is 86.7 Å². The number of aromatic nitrogens is 2. The average molecular weight is 780 g/mol. The molecule has 6 rings (SSSR count). The molecule has 290 valence electrons. The lowest BCUT2D eigenvalue weighted by atomic mass is 9.61. The molecule has 54 heavy (non-hydrogen) atoms. The first kappa shape index (κ1) is 39.1. The fourth-order valence-electron chi connectivity index (χ4n) is 7.83. The number of likely N-dealkylation sites (tertiary alicyclic amines) is 1. The summed E-state index contributed by atoms with van der Waals surface area (Å²) in [5, 5.41) is 12.8. The van der Waals surface area contributed by atoms with Gasteiger partial charge in [0.2, 0.25) is 5.91 Å². The number of anilines is 2. The number of hydrogen-bond acceptors (Lipinski definition) is 6. The van der Waals surface area contributed by atoms with Gasteiger partial charge in [-0.25, -0.2) is 26.6 Å². The number of carboxylic acid groups (broad SMARTS) is 1. The Morgan fingerprint density at radius 3 is 2.24 bits per heavy atom. The molecule has 2 fully saturated rings. The lowest BCUT2D eigenvalue weighted by Crippen LogP contribution is -2.58. The van der Waals surface area contributed by atoms with Crippen molar-refractivity contribution >= 4 is 44.3 Å². The number of carboxylic acids is 1. The van der Waals surface area contributed by atoms with Crippen LogP contribution in [-0.4, -0.2) is 71.5 Å². The van der Waals surface area contributed by atoms with Crippen LogP contribution in [0.3, 0.4) is 0 Å². The molecule has 10 nitrogen and oxygen atoms in total. The zero-order valence-corrected chi connectivity index (χ0v) is 30.6. The maximum absolute atomic E-state index is 14.8. The van der Waals surface area contributed by atoms with Gasteiger partial charge in [0.05, 0.1) is 44.7 Å². The SMILES string of the molecule is Cc1nc2cc(S(=O)(=O)N(C)c3ccc(C4C[C@@](C)(N5CCC(F)(F)CC5)C[C@H](C(=O)Nc5ccc(C(F)(F)F)cc5F)[C@H]4C(=O)O)cc3)ccc2n1C. The van der Waals surface area contributed by atoms with Crippen LogP contribution >= 0.6 is 0 Å². The third-order valence-corrected chi connectivity index (χ3v) is 12.8. The number of aryl methyl sites for hydroxylation is 2. The Morgan fingerprint density at radius 1 is 1.00 bits per heavy atom. The van der Waals surface area contributed by atoms with E-state index < -0.39 is 87.2 Å². The number of carbonyl (C=O) groups is 2. The highest BCUT2D eigenvalue weighted by Gasteiger charge is 2.53. The van der Waals surface area contributed by atoms with Crippen LogP contribution in [0, 0.1) is 24.6 Å². The molecule has 0 spiro atoms. The highest BCUT2D eigenvalue weighted by atomic mass is 32.2. The number of rotatable bonds is 8. The summed E-state index contributed by atoms with van der Waals surface area (Å²) in [6.45, 7) is 3.46. The van der Waals surface area contributed by atoms with Crippen molar-refractivity contribution in [3.63, 3.8) is 0 Å². The normalized spacial score (nSPS) is 23.6. The van der Waals surface area contributed by atoms with Crippen molar-refractivity contribution in [1.82, 2.24) is 14.5 Å². The average Bonchev–Trinajstić information content (AvgIpc) is 3.39. The van der Waals surface area contributed by atoms with Crippen molar-refractivity contribution in [3.8, 4) is 0 Å². The molecule has 1 unspecified atom stereocenters. The Balaban J connectivity index is 1.33. The van der Waals surface area contributed by atoms with Crippen molar-refractivity contribution < 1.29 is 49.5 Å². The van der Waals surface area contributed by atoms with Crippen molar-refractivity contribution in [1.29, 1.82) is 0 Å². The predicted molar refractivity (Wildman–Crippen MR) is 188 cm³/mol. The molecule has 1 saturated carbocycles. The first-order valence-electron chi connectivity index (χ1n) is 17.2. The molecular weight excluding hydrogens is 740 g/mol. The van der Waals surface area contributed by atoms with Crippen LogP contribution in [0.2, 0.25) is 0 Å². The van der Waals surface area contributed by atoms with E-state index in [1.165, 1.54) is 31.3 Å². The molecule has 1 aliphatic heterocycles. The summed E-state index contributed by atoms with van der Waals surface area (Å²) in [7, 11) is -0.901. The van der Waals surface area contributed by atoms with Gasteiger partial charge in [0.1, 0.15) is 11.6 Å². The summed E-state index contributed by atoms with van der Waals surface area (Å²) in [5.74, 6) is -9.61. The maximum atomic E-state index is 14.8. The van der Waals surface area contributed by atoms with Crippen molar-refractivity contribution in [2.45, 2.75) is 68.0 Å². The Labute approximate surface area is 307 Å². The van der Waals surface area contributed by atoms with Crippen molar-refractivity contribution in [3.05, 3.63) is 83.4 Å². The minimum absolute atomic E-state index is 0.000823. The molecule has 2 aliphatic rings. The number of fused-ring (bicyclic) bond motifs is 1. The van der Waals surface area contributed by atoms with Gasteiger partial charge in [-0.3, -0.25) is 18.8 Å². The molecule has 0 bridgehead atoms. The van der Waals surface area contributed by atoms with Gasteiger partial charge in [0.25, 0.3) is 15.9 Å². The van der Waals surface area contributed by atoms with Gasteiger partial charge in [-0.1, -0.05) is 12.1 Å². The number of nitrogens with zero attached hydrogens (tertiary/aromatic N) is 4. The summed E-state index contributed by atoms with van der Waals surface area (Å²) >= 11 is 0. The van der Waals surface area contributed by atoms with Gasteiger partial charge in [0.15, 0.2) is 0 Å². The predicted octanol–water partition coefficient (Wildman–Crippen LogP) is 7.19. The molecule has 0 radical (unpaired) electrons. The number of halogens is 6. The van der Waals surface area contributed by atoms with E-state index in [-0.39, 0.29) is 42.6 Å². The largest absolute Gasteiger partial charge is 0.481 e. The summed E-state index contributed by atoms with van der Waals surface area (Å²) < 4.78 is 113. The summed E-state index contributed by atoms with van der Waals surface area (Å²) in [6, 6.07) is 12.3. The van der Waals surface area contributed by atoms with Crippen LogP contribution in [0.4, 0.5) is 37.7 Å².